The van der Waals surface area contributed by atoms with E-state index in [0.717, 1.165) is 17.7 Å². The highest BCUT2D eigenvalue weighted by Gasteiger charge is 2.45. The normalized spacial score (nSPS) is 19.9. The van der Waals surface area contributed by atoms with Gasteiger partial charge in [0.15, 0.2) is 0 Å². The first-order chi connectivity index (χ1) is 15.9. The van der Waals surface area contributed by atoms with Crippen molar-refractivity contribution in [3.05, 3.63) is 58.9 Å². The van der Waals surface area contributed by atoms with E-state index in [0.29, 0.717) is 11.3 Å². The van der Waals surface area contributed by atoms with E-state index in [1.807, 2.05) is 13.0 Å². The molecular formula is C22H20B4F2N4O2. The van der Waals surface area contributed by atoms with Gasteiger partial charge in [-0.05, 0) is 54.5 Å². The molecule has 12 heteroatoms. The number of aromatic nitrogens is 2. The molecule has 1 aliphatic rings. The number of likely N-dealkylation sites (N-methyl/N-ethyl adjacent to an activating group) is 1. The van der Waals surface area contributed by atoms with Crippen LogP contribution in [0.1, 0.15) is 21.6 Å². The van der Waals surface area contributed by atoms with E-state index in [9.17, 15) is 4.79 Å². The molecule has 1 atom stereocenters. The molecule has 8 radical (unpaired) electrons. The van der Waals surface area contributed by atoms with E-state index in [1.54, 1.807) is 28.6 Å². The predicted octanol–water partition coefficient (Wildman–Crippen LogP) is 0.802. The minimum Gasteiger partial charge on any atom is -0.389 e. The minimum absolute atomic E-state index is 0.0762. The highest BCUT2D eigenvalue weighted by atomic mass is 19.1. The number of nitrogens with zero attached hydrogens (tertiary/aromatic N) is 3. The van der Waals surface area contributed by atoms with Gasteiger partial charge in [0.25, 0.3) is 5.91 Å². The molecule has 166 valence electrons. The number of carbonyl (C=O) groups excluding carboxylic acids is 1. The molecule has 3 aromatic rings. The van der Waals surface area contributed by atoms with Crippen molar-refractivity contribution in [2.75, 3.05) is 20.6 Å². The largest absolute Gasteiger partial charge is 0.389 e. The zero-order valence-corrected chi connectivity index (χ0v) is 19.1. The van der Waals surface area contributed by atoms with Crippen LogP contribution in [0.3, 0.4) is 0 Å². The summed E-state index contributed by atoms with van der Waals surface area (Å²) in [7, 11) is 27.2. The molecule has 1 aromatic carbocycles. The SMILES string of the molecule is [B]C1([B])OC(Cc2c(-c3c(F)cc(C(=O)NC)cc3F)nc3cc(C)ccn23)CN(C)C1([B])[B]. The first-order valence-corrected chi connectivity index (χ1v) is 10.6. The van der Waals surface area contributed by atoms with E-state index in [1.165, 1.54) is 7.05 Å². The number of imidazole rings is 1. The molecule has 0 saturated carbocycles. The van der Waals surface area contributed by atoms with Gasteiger partial charge in [-0.3, -0.25) is 4.79 Å². The summed E-state index contributed by atoms with van der Waals surface area (Å²) < 4.78 is 37.9. The molecule has 6 nitrogen and oxygen atoms in total. The predicted molar refractivity (Wildman–Crippen MR) is 128 cm³/mol. The van der Waals surface area contributed by atoms with Crippen molar-refractivity contribution >= 4 is 42.9 Å². The topological polar surface area (TPSA) is 58.9 Å². The number of rotatable bonds is 4. The first-order valence-electron chi connectivity index (χ1n) is 10.6. The van der Waals surface area contributed by atoms with E-state index < -0.39 is 34.4 Å². The Hall–Kier alpha value is -2.58. The maximum Gasteiger partial charge on any atom is 0.251 e. The Bertz CT molecular complexity index is 1260. The highest BCUT2D eigenvalue weighted by Crippen LogP contribution is 2.34. The third kappa shape index (κ3) is 4.07. The molecule has 34 heavy (non-hydrogen) atoms. The lowest BCUT2D eigenvalue weighted by Crippen LogP contribution is -2.72. The number of nitrogens with one attached hydrogen (secondary N) is 1. The number of pyridine rings is 1. The van der Waals surface area contributed by atoms with Crippen molar-refractivity contribution in [2.45, 2.75) is 30.2 Å². The molecular weight excluding hydrogens is 434 g/mol. The van der Waals surface area contributed by atoms with Crippen LogP contribution in [0, 0.1) is 18.6 Å². The number of ether oxygens (including phenoxy) is 1. The van der Waals surface area contributed by atoms with Crippen molar-refractivity contribution in [1.29, 1.82) is 0 Å². The molecule has 1 aliphatic heterocycles. The molecule has 1 N–H and O–H groups in total. The average molecular weight is 454 g/mol. The van der Waals surface area contributed by atoms with Crippen LogP contribution in [0.15, 0.2) is 30.5 Å². The van der Waals surface area contributed by atoms with E-state index >= 15 is 8.78 Å². The second-order valence-electron chi connectivity index (χ2n) is 8.68. The number of fused-ring (bicyclic) bond motifs is 1. The summed E-state index contributed by atoms with van der Waals surface area (Å²) in [5, 5.41) is -1.16. The second-order valence-corrected chi connectivity index (χ2v) is 8.68. The van der Waals surface area contributed by atoms with Crippen molar-refractivity contribution in [1.82, 2.24) is 19.6 Å². The fraction of sp³-hybridized carbons (Fsp3) is 0.364. The zero-order chi connectivity index (χ0) is 25.0. The number of hydrogen-bond acceptors (Lipinski definition) is 4. The fourth-order valence-electron chi connectivity index (χ4n) is 4.15. The summed E-state index contributed by atoms with van der Waals surface area (Å²) in [6, 6.07) is 5.58. The van der Waals surface area contributed by atoms with Gasteiger partial charge in [-0.2, -0.15) is 0 Å². The number of benzene rings is 1. The molecule has 0 bridgehead atoms. The quantitative estimate of drug-likeness (QED) is 0.594. The first kappa shape index (κ1) is 24.5. The van der Waals surface area contributed by atoms with Crippen LogP contribution in [0.2, 0.25) is 0 Å². The minimum atomic E-state index is -1.88. The summed E-state index contributed by atoms with van der Waals surface area (Å²) in [6.45, 7) is 2.13. The van der Waals surface area contributed by atoms with E-state index in [4.69, 9.17) is 36.1 Å². The Kier molecular flexibility index (Phi) is 6.19. The van der Waals surface area contributed by atoms with Gasteiger partial charge in [0.05, 0.1) is 54.4 Å². The fourth-order valence-corrected chi connectivity index (χ4v) is 4.15. The lowest BCUT2D eigenvalue weighted by atomic mass is 9.39. The van der Waals surface area contributed by atoms with Gasteiger partial charge in [-0.25, -0.2) is 13.8 Å². The van der Waals surface area contributed by atoms with Crippen LogP contribution in [-0.2, 0) is 11.2 Å². The monoisotopic (exact) mass is 454 g/mol. The van der Waals surface area contributed by atoms with Crippen molar-refractivity contribution < 1.29 is 18.3 Å². The van der Waals surface area contributed by atoms with E-state index in [2.05, 4.69) is 10.3 Å². The molecule has 1 fully saturated rings. The Labute approximate surface area is 202 Å². The van der Waals surface area contributed by atoms with Crippen LogP contribution in [-0.4, -0.2) is 89.1 Å². The maximum absolute atomic E-state index is 15.2. The van der Waals surface area contributed by atoms with Gasteiger partial charge in [0.2, 0.25) is 0 Å². The molecule has 0 aliphatic carbocycles. The number of carbonyl (C=O) groups is 1. The summed E-state index contributed by atoms with van der Waals surface area (Å²) in [6.07, 6.45) is 1.29. The van der Waals surface area contributed by atoms with Crippen LogP contribution in [0.25, 0.3) is 16.9 Å². The summed E-state index contributed by atoms with van der Waals surface area (Å²) in [5.74, 6) is -2.45. The average Bonchev–Trinajstić information content (AvgIpc) is 3.07. The molecule has 2 aromatic heterocycles. The summed E-state index contributed by atoms with van der Waals surface area (Å²) in [5.41, 5.74) is 1.45. The van der Waals surface area contributed by atoms with Gasteiger partial charge in [0, 0.05) is 31.8 Å². The van der Waals surface area contributed by atoms with Crippen LogP contribution < -0.4 is 5.32 Å². The smallest absolute Gasteiger partial charge is 0.251 e. The zero-order valence-electron chi connectivity index (χ0n) is 19.1. The van der Waals surface area contributed by atoms with Gasteiger partial charge in [0.1, 0.15) is 17.3 Å². The summed E-state index contributed by atoms with van der Waals surface area (Å²) in [4.78, 5) is 18.0. The van der Waals surface area contributed by atoms with Crippen LogP contribution in [0.5, 0.6) is 0 Å². The molecule has 3 heterocycles. The number of hydrogen-bond donors (Lipinski definition) is 1. The standard InChI is InChI=1S/C22H20B4F2N4O2/c1-11-4-5-32-16(9-13-10-31(3)21(23,24)22(25,26)34-13)19(30-17(32)6-11)18-14(27)7-12(8-15(18)28)20(33)29-2/h4-8,13H,9-10H2,1-3H3,(H,29,33). The molecule has 0 spiro atoms. The van der Waals surface area contributed by atoms with Gasteiger partial charge in [-0.15, -0.1) is 0 Å². The lowest BCUT2D eigenvalue weighted by Gasteiger charge is -2.56. The molecule has 4 rings (SSSR count). The molecule has 1 unspecified atom stereocenters. The van der Waals surface area contributed by atoms with Crippen LogP contribution >= 0.6 is 0 Å². The Morgan fingerprint density at radius 1 is 1.24 bits per heavy atom. The van der Waals surface area contributed by atoms with Crippen molar-refractivity contribution in [2.24, 2.45) is 0 Å². The number of halogens is 2. The summed E-state index contributed by atoms with van der Waals surface area (Å²) >= 11 is 0. The molecule has 1 amide bonds. The number of aryl methyl sites for hydroxylation is 1. The van der Waals surface area contributed by atoms with Crippen LogP contribution in [0.4, 0.5) is 8.78 Å². The third-order valence-electron chi connectivity index (χ3n) is 6.17. The lowest BCUT2D eigenvalue weighted by molar-refractivity contribution is -0.0884. The Morgan fingerprint density at radius 2 is 1.88 bits per heavy atom. The Balaban J connectivity index is 1.84. The van der Waals surface area contributed by atoms with Crippen molar-refractivity contribution in [3.63, 3.8) is 0 Å². The maximum atomic E-state index is 15.2. The Morgan fingerprint density at radius 3 is 2.47 bits per heavy atom. The van der Waals surface area contributed by atoms with E-state index in [-0.39, 0.29) is 29.8 Å². The van der Waals surface area contributed by atoms with Gasteiger partial charge < -0.3 is 19.4 Å². The molecule has 1 saturated heterocycles. The third-order valence-corrected chi connectivity index (χ3v) is 6.17. The number of morpholine rings is 1. The van der Waals surface area contributed by atoms with Crippen molar-refractivity contribution in [3.8, 4) is 11.3 Å². The van der Waals surface area contributed by atoms with Gasteiger partial charge >= 0.3 is 0 Å². The highest BCUT2D eigenvalue weighted by molar-refractivity contribution is 6.53. The second kappa shape index (κ2) is 8.57. The number of amides is 1. The van der Waals surface area contributed by atoms with Gasteiger partial charge in [-0.1, -0.05) is 0 Å².